The van der Waals surface area contributed by atoms with E-state index in [1.54, 1.807) is 19.2 Å². The Morgan fingerprint density at radius 2 is 2.19 bits per heavy atom. The molecule has 0 aliphatic rings. The van der Waals surface area contributed by atoms with Gasteiger partial charge < -0.3 is 10.1 Å². The molecule has 112 valence electrons. The van der Waals surface area contributed by atoms with E-state index in [0.717, 1.165) is 16.1 Å². The van der Waals surface area contributed by atoms with E-state index >= 15 is 0 Å². The molecule has 0 aliphatic carbocycles. The number of thiophene rings is 1. The van der Waals surface area contributed by atoms with Gasteiger partial charge in [0.25, 0.3) is 0 Å². The van der Waals surface area contributed by atoms with Crippen LogP contribution >= 0.6 is 11.3 Å². The second-order valence-electron chi connectivity index (χ2n) is 4.51. The zero-order chi connectivity index (χ0) is 15.4. The average Bonchev–Trinajstić information content (AvgIpc) is 2.99. The van der Waals surface area contributed by atoms with Crippen molar-refractivity contribution in [3.63, 3.8) is 0 Å². The molecular weight excluding hydrogens is 290 g/mol. The molecule has 21 heavy (non-hydrogen) atoms. The molecule has 7 heteroatoms. The number of ether oxygens (including phenoxy) is 1. The van der Waals surface area contributed by atoms with Gasteiger partial charge in [-0.1, -0.05) is 0 Å². The smallest absolute Gasteiger partial charge is 0.341 e. The van der Waals surface area contributed by atoms with Crippen molar-refractivity contribution in [3.05, 3.63) is 34.0 Å². The molecule has 0 fully saturated rings. The first-order valence-electron chi connectivity index (χ1n) is 6.58. The van der Waals surface area contributed by atoms with Gasteiger partial charge in [0.2, 0.25) is 5.91 Å². The molecule has 2 heterocycles. The second kappa shape index (κ2) is 6.53. The third-order valence-corrected chi connectivity index (χ3v) is 4.15. The van der Waals surface area contributed by atoms with E-state index in [4.69, 9.17) is 4.74 Å². The van der Waals surface area contributed by atoms with E-state index in [9.17, 15) is 9.59 Å². The Kier molecular flexibility index (Phi) is 4.74. The van der Waals surface area contributed by atoms with E-state index in [1.807, 2.05) is 13.8 Å². The Morgan fingerprint density at radius 1 is 1.43 bits per heavy atom. The molecule has 6 nitrogen and oxygen atoms in total. The zero-order valence-corrected chi connectivity index (χ0v) is 13.0. The number of aromatic amines is 1. The monoisotopic (exact) mass is 307 g/mol. The van der Waals surface area contributed by atoms with Gasteiger partial charge in [-0.15, -0.1) is 11.3 Å². The summed E-state index contributed by atoms with van der Waals surface area (Å²) in [5, 5.41) is 9.84. The number of amides is 1. The summed E-state index contributed by atoms with van der Waals surface area (Å²) < 4.78 is 5.05. The highest BCUT2D eigenvalue weighted by Gasteiger charge is 2.22. The lowest BCUT2D eigenvalue weighted by molar-refractivity contribution is -0.115. The highest BCUT2D eigenvalue weighted by molar-refractivity contribution is 7.16. The third-order valence-electron chi connectivity index (χ3n) is 3.03. The lowest BCUT2D eigenvalue weighted by Crippen LogP contribution is -2.16. The van der Waals surface area contributed by atoms with Gasteiger partial charge >= 0.3 is 5.97 Å². The van der Waals surface area contributed by atoms with Crippen LogP contribution in [0.5, 0.6) is 0 Å². The number of H-pyrrole nitrogens is 1. The normalized spacial score (nSPS) is 10.4. The number of esters is 1. The van der Waals surface area contributed by atoms with Crippen LogP contribution in [-0.2, 0) is 16.0 Å². The van der Waals surface area contributed by atoms with Crippen LogP contribution in [-0.4, -0.2) is 28.7 Å². The number of hydrogen-bond acceptors (Lipinski definition) is 5. The SMILES string of the molecule is CCOC(=O)c1c(NC(=O)Cc2ccn[nH]2)sc(C)c1C. The van der Waals surface area contributed by atoms with Gasteiger partial charge in [-0.2, -0.15) is 5.10 Å². The molecule has 1 amide bonds. The Bertz CT molecular complexity index is 647. The van der Waals surface area contributed by atoms with Crippen molar-refractivity contribution in [2.75, 3.05) is 11.9 Å². The second-order valence-corrected chi connectivity index (χ2v) is 5.74. The van der Waals surface area contributed by atoms with Crippen LogP contribution in [0.1, 0.15) is 33.4 Å². The van der Waals surface area contributed by atoms with Gasteiger partial charge in [0, 0.05) is 16.8 Å². The van der Waals surface area contributed by atoms with Gasteiger partial charge in [-0.3, -0.25) is 9.89 Å². The first-order valence-corrected chi connectivity index (χ1v) is 7.39. The van der Waals surface area contributed by atoms with E-state index in [0.29, 0.717) is 17.2 Å². The summed E-state index contributed by atoms with van der Waals surface area (Å²) >= 11 is 1.38. The number of carbonyl (C=O) groups is 2. The lowest BCUT2D eigenvalue weighted by Gasteiger charge is -2.06. The molecule has 2 N–H and O–H groups in total. The molecule has 0 saturated carbocycles. The predicted octanol–water partition coefficient (Wildman–Crippen LogP) is 2.45. The molecule has 0 spiro atoms. The Hall–Kier alpha value is -2.15. The summed E-state index contributed by atoms with van der Waals surface area (Å²) in [5.74, 6) is -0.609. The van der Waals surface area contributed by atoms with Crippen LogP contribution in [0, 0.1) is 13.8 Å². The van der Waals surface area contributed by atoms with Crippen molar-refractivity contribution in [1.29, 1.82) is 0 Å². The van der Waals surface area contributed by atoms with Crippen LogP contribution in [0.25, 0.3) is 0 Å². The number of anilines is 1. The molecule has 0 aliphatic heterocycles. The summed E-state index contributed by atoms with van der Waals surface area (Å²) in [4.78, 5) is 25.0. The fourth-order valence-electron chi connectivity index (χ4n) is 1.89. The first-order chi connectivity index (χ1) is 10.0. The molecular formula is C14H17N3O3S. The maximum Gasteiger partial charge on any atom is 0.341 e. The van der Waals surface area contributed by atoms with Gasteiger partial charge in [0.05, 0.1) is 18.6 Å². The number of carbonyl (C=O) groups excluding carboxylic acids is 2. The van der Waals surface area contributed by atoms with Crippen molar-refractivity contribution in [3.8, 4) is 0 Å². The largest absolute Gasteiger partial charge is 0.462 e. The van der Waals surface area contributed by atoms with E-state index in [1.165, 1.54) is 11.3 Å². The molecule has 2 rings (SSSR count). The van der Waals surface area contributed by atoms with Crippen LogP contribution < -0.4 is 5.32 Å². The maximum atomic E-state index is 12.0. The summed E-state index contributed by atoms with van der Waals surface area (Å²) in [5.41, 5.74) is 2.00. The van der Waals surface area contributed by atoms with Crippen LogP contribution in [0.15, 0.2) is 12.3 Å². The number of aromatic nitrogens is 2. The minimum atomic E-state index is -0.406. The van der Waals surface area contributed by atoms with Crippen LogP contribution in [0.3, 0.4) is 0 Å². The van der Waals surface area contributed by atoms with Crippen molar-refractivity contribution in [1.82, 2.24) is 10.2 Å². The number of hydrogen-bond donors (Lipinski definition) is 2. The molecule has 0 aromatic carbocycles. The van der Waals surface area contributed by atoms with Gasteiger partial charge in [0.15, 0.2) is 0 Å². The summed E-state index contributed by atoms with van der Waals surface area (Å²) in [6.07, 6.45) is 1.77. The quantitative estimate of drug-likeness (QED) is 0.831. The average molecular weight is 307 g/mol. The number of rotatable bonds is 5. The first kappa shape index (κ1) is 15.2. The number of nitrogens with zero attached hydrogens (tertiary/aromatic N) is 1. The fourth-order valence-corrected chi connectivity index (χ4v) is 2.96. The minimum absolute atomic E-state index is 0.179. The van der Waals surface area contributed by atoms with E-state index in [2.05, 4.69) is 15.5 Å². The topological polar surface area (TPSA) is 84.1 Å². The standard InChI is InChI=1S/C14H17N3O3S/c1-4-20-14(19)12-8(2)9(3)21-13(12)16-11(18)7-10-5-6-15-17-10/h5-6H,4,7H2,1-3H3,(H,15,17)(H,16,18). The molecule has 0 atom stereocenters. The van der Waals surface area contributed by atoms with Crippen molar-refractivity contribution >= 4 is 28.2 Å². The van der Waals surface area contributed by atoms with Crippen molar-refractivity contribution < 1.29 is 14.3 Å². The van der Waals surface area contributed by atoms with Crippen molar-refractivity contribution in [2.24, 2.45) is 0 Å². The minimum Gasteiger partial charge on any atom is -0.462 e. The Balaban J connectivity index is 2.17. The van der Waals surface area contributed by atoms with Crippen LogP contribution in [0.2, 0.25) is 0 Å². The highest BCUT2D eigenvalue weighted by Crippen LogP contribution is 2.33. The zero-order valence-electron chi connectivity index (χ0n) is 12.1. The highest BCUT2D eigenvalue weighted by atomic mass is 32.1. The predicted molar refractivity (Wildman–Crippen MR) is 80.7 cm³/mol. The van der Waals surface area contributed by atoms with Gasteiger partial charge in [-0.05, 0) is 32.4 Å². The molecule has 0 saturated heterocycles. The van der Waals surface area contributed by atoms with Crippen LogP contribution in [0.4, 0.5) is 5.00 Å². The maximum absolute atomic E-state index is 12.0. The van der Waals surface area contributed by atoms with E-state index in [-0.39, 0.29) is 12.3 Å². The molecule has 0 bridgehead atoms. The fraction of sp³-hybridized carbons (Fsp3) is 0.357. The summed E-state index contributed by atoms with van der Waals surface area (Å²) in [7, 11) is 0. The number of aryl methyl sites for hydroxylation is 1. The Morgan fingerprint density at radius 3 is 2.81 bits per heavy atom. The third kappa shape index (κ3) is 3.49. The van der Waals surface area contributed by atoms with Gasteiger partial charge in [-0.25, -0.2) is 4.79 Å². The summed E-state index contributed by atoms with van der Waals surface area (Å²) in [6, 6.07) is 1.73. The van der Waals surface area contributed by atoms with Crippen molar-refractivity contribution in [2.45, 2.75) is 27.2 Å². The molecule has 0 radical (unpaired) electrons. The summed E-state index contributed by atoms with van der Waals surface area (Å²) in [6.45, 7) is 5.81. The van der Waals surface area contributed by atoms with Gasteiger partial charge in [0.1, 0.15) is 5.00 Å². The lowest BCUT2D eigenvalue weighted by atomic mass is 10.1. The molecule has 2 aromatic rings. The number of nitrogens with one attached hydrogen (secondary N) is 2. The Labute approximate surface area is 126 Å². The molecule has 0 unspecified atom stereocenters. The van der Waals surface area contributed by atoms with E-state index < -0.39 is 5.97 Å². The molecule has 2 aromatic heterocycles.